The zero-order valence-electron chi connectivity index (χ0n) is 5.50. The van der Waals surface area contributed by atoms with Crippen LogP contribution in [0.5, 0.6) is 0 Å². The van der Waals surface area contributed by atoms with Crippen molar-refractivity contribution in [2.45, 2.75) is 9.79 Å². The molecule has 1 aromatic carbocycles. The Hall–Kier alpha value is 0.210. The highest BCUT2D eigenvalue weighted by Gasteiger charge is 1.90. The van der Waals surface area contributed by atoms with E-state index in [1.54, 1.807) is 11.8 Å². The Morgan fingerprint density at radius 2 is 1.60 bits per heavy atom. The fraction of sp³-hybridized carbons (Fsp3) is 0.143. The predicted molar refractivity (Wildman–Crippen MR) is 49.9 cm³/mol. The third kappa shape index (κ3) is 2.11. The van der Waals surface area contributed by atoms with Crippen molar-refractivity contribution >= 4 is 33.4 Å². The molecule has 0 aliphatic carbocycles. The van der Waals surface area contributed by atoms with Gasteiger partial charge in [0, 0.05) is 9.79 Å². The molecule has 1 rings (SSSR count). The fourth-order valence-electron chi connectivity index (χ4n) is 0.627. The average Bonchev–Trinajstić information content (AvgIpc) is 2.05. The second kappa shape index (κ2) is 4.16. The normalized spacial score (nSPS) is 9.80. The zero-order valence-corrected chi connectivity index (χ0v) is 7.89. The van der Waals surface area contributed by atoms with E-state index in [1.165, 1.54) is 15.9 Å². The van der Waals surface area contributed by atoms with Crippen molar-refractivity contribution < 1.29 is 0 Å². The maximum atomic E-state index is 5.53. The summed E-state index contributed by atoms with van der Waals surface area (Å²) in [6, 6.07) is 8.16. The lowest BCUT2D eigenvalue weighted by molar-refractivity contribution is 1.36. The molecule has 0 unspecified atom stereocenters. The van der Waals surface area contributed by atoms with Crippen LogP contribution in [-0.4, -0.2) is 6.26 Å². The van der Waals surface area contributed by atoms with Gasteiger partial charge in [0.25, 0.3) is 0 Å². The Balaban J connectivity index is 2.80. The van der Waals surface area contributed by atoms with Crippen LogP contribution >= 0.6 is 33.4 Å². The third-order valence-electron chi connectivity index (χ3n) is 1.15. The van der Waals surface area contributed by atoms with E-state index in [1.807, 2.05) is 12.1 Å². The highest BCUT2D eigenvalue weighted by molar-refractivity contribution is 8.21. The fourth-order valence-corrected chi connectivity index (χ4v) is 1.58. The number of hydrogen-bond donors (Lipinski definition) is 0. The van der Waals surface area contributed by atoms with E-state index in [9.17, 15) is 0 Å². The number of hydrogen-bond acceptors (Lipinski definition) is 2. The molecule has 0 N–H and O–H groups in total. The van der Waals surface area contributed by atoms with Crippen molar-refractivity contribution in [3.05, 3.63) is 24.3 Å². The van der Waals surface area contributed by atoms with Crippen LogP contribution in [0, 0.1) is 0 Å². The van der Waals surface area contributed by atoms with Gasteiger partial charge in [0.15, 0.2) is 0 Å². The minimum atomic E-state index is 1.10. The van der Waals surface area contributed by atoms with Crippen LogP contribution in [0.4, 0.5) is 0 Å². The van der Waals surface area contributed by atoms with Crippen molar-refractivity contribution in [1.29, 1.82) is 0 Å². The second-order valence-corrected chi connectivity index (χ2v) is 3.72. The van der Waals surface area contributed by atoms with E-state index in [-0.39, 0.29) is 0 Å². The Morgan fingerprint density at radius 1 is 1.10 bits per heavy atom. The molecule has 0 bridgehead atoms. The molecule has 10 heavy (non-hydrogen) atoms. The number of thioether (sulfide) groups is 1. The summed E-state index contributed by atoms with van der Waals surface area (Å²) in [4.78, 5) is 2.37. The third-order valence-corrected chi connectivity index (χ3v) is 2.88. The molecule has 0 spiro atoms. The van der Waals surface area contributed by atoms with E-state index < -0.39 is 0 Å². The summed E-state index contributed by atoms with van der Waals surface area (Å²) in [5.41, 5.74) is 0. The van der Waals surface area contributed by atoms with Crippen molar-refractivity contribution in [2.75, 3.05) is 6.26 Å². The maximum absolute atomic E-state index is 5.53. The number of halogens is 1. The molecule has 0 aliphatic heterocycles. The molecular weight excluding hydrogens is 184 g/mol. The first-order valence-electron chi connectivity index (χ1n) is 2.79. The van der Waals surface area contributed by atoms with Crippen LogP contribution in [0.2, 0.25) is 0 Å². The van der Waals surface area contributed by atoms with Crippen molar-refractivity contribution in [3.63, 3.8) is 0 Å². The van der Waals surface area contributed by atoms with E-state index in [4.69, 9.17) is 10.7 Å². The first-order valence-corrected chi connectivity index (χ1v) is 5.66. The highest BCUT2D eigenvalue weighted by Crippen LogP contribution is 2.24. The van der Waals surface area contributed by atoms with Crippen molar-refractivity contribution in [3.8, 4) is 0 Å². The Morgan fingerprint density at radius 3 is 2.00 bits per heavy atom. The molecule has 0 heterocycles. The minimum absolute atomic E-state index is 1.10. The molecule has 0 nitrogen and oxygen atoms in total. The van der Waals surface area contributed by atoms with Gasteiger partial charge in [-0.25, -0.2) is 0 Å². The van der Waals surface area contributed by atoms with E-state index in [0.717, 1.165) is 4.90 Å². The lowest BCUT2D eigenvalue weighted by Gasteiger charge is -1.95. The highest BCUT2D eigenvalue weighted by atomic mass is 35.7. The van der Waals surface area contributed by atoms with Gasteiger partial charge in [-0.2, -0.15) is 0 Å². The standard InChI is InChI=1S/C7H7ClS2/c1-9-6-2-4-7(10-8)5-3-6/h2-5H,1H3. The van der Waals surface area contributed by atoms with E-state index >= 15 is 0 Å². The van der Waals surface area contributed by atoms with Crippen LogP contribution in [-0.2, 0) is 0 Å². The summed E-state index contributed by atoms with van der Waals surface area (Å²) < 4.78 is 0. The quantitative estimate of drug-likeness (QED) is 0.653. The van der Waals surface area contributed by atoms with Gasteiger partial charge in [0.1, 0.15) is 0 Å². The summed E-state index contributed by atoms with van der Waals surface area (Å²) in [5.74, 6) is 0. The second-order valence-electron chi connectivity index (χ2n) is 1.75. The minimum Gasteiger partial charge on any atom is -0.130 e. The van der Waals surface area contributed by atoms with Gasteiger partial charge in [-0.15, -0.1) is 11.8 Å². The molecular formula is C7H7ClS2. The van der Waals surface area contributed by atoms with Crippen LogP contribution in [0.3, 0.4) is 0 Å². The first kappa shape index (κ1) is 8.31. The van der Waals surface area contributed by atoms with Gasteiger partial charge in [-0.3, -0.25) is 0 Å². The summed E-state index contributed by atoms with van der Waals surface area (Å²) in [7, 11) is 6.78. The Bertz CT molecular complexity index is 172. The lowest BCUT2D eigenvalue weighted by Crippen LogP contribution is -1.68. The predicted octanol–water partition coefficient (Wildman–Crippen LogP) is 3.65. The molecule has 0 fully saturated rings. The molecule has 0 radical (unpaired) electrons. The van der Waals surface area contributed by atoms with Crippen LogP contribution in [0.25, 0.3) is 0 Å². The molecule has 0 saturated heterocycles. The topological polar surface area (TPSA) is 0 Å². The van der Waals surface area contributed by atoms with Gasteiger partial charge in [0.2, 0.25) is 0 Å². The van der Waals surface area contributed by atoms with E-state index in [0.29, 0.717) is 0 Å². The summed E-state index contributed by atoms with van der Waals surface area (Å²) in [6.45, 7) is 0. The number of benzene rings is 1. The van der Waals surface area contributed by atoms with E-state index in [2.05, 4.69) is 18.4 Å². The molecule has 0 amide bonds. The molecule has 1 aromatic rings. The molecule has 0 aromatic heterocycles. The van der Waals surface area contributed by atoms with Crippen LogP contribution < -0.4 is 0 Å². The Kier molecular flexibility index (Phi) is 3.46. The Labute approximate surface area is 73.8 Å². The van der Waals surface area contributed by atoms with Crippen LogP contribution in [0.1, 0.15) is 0 Å². The summed E-state index contributed by atoms with van der Waals surface area (Å²) in [6.07, 6.45) is 2.06. The molecule has 0 aliphatic rings. The zero-order chi connectivity index (χ0) is 7.40. The maximum Gasteiger partial charge on any atom is 0.0234 e. The van der Waals surface area contributed by atoms with Gasteiger partial charge in [0.05, 0.1) is 0 Å². The summed E-state index contributed by atoms with van der Waals surface area (Å²) in [5, 5.41) is 0. The molecule has 54 valence electrons. The molecule has 0 atom stereocenters. The van der Waals surface area contributed by atoms with Crippen molar-refractivity contribution in [2.24, 2.45) is 0 Å². The van der Waals surface area contributed by atoms with Gasteiger partial charge >= 0.3 is 0 Å². The molecule has 0 saturated carbocycles. The SMILES string of the molecule is CSc1ccc(SCl)cc1. The monoisotopic (exact) mass is 190 g/mol. The van der Waals surface area contributed by atoms with Gasteiger partial charge in [-0.1, -0.05) is 0 Å². The molecule has 3 heteroatoms. The van der Waals surface area contributed by atoms with Gasteiger partial charge in [-0.05, 0) is 52.2 Å². The smallest absolute Gasteiger partial charge is 0.0234 e. The van der Waals surface area contributed by atoms with Gasteiger partial charge < -0.3 is 0 Å². The largest absolute Gasteiger partial charge is 0.130 e. The lowest BCUT2D eigenvalue weighted by atomic mass is 10.4. The average molecular weight is 191 g/mol. The first-order chi connectivity index (χ1) is 4.86. The number of rotatable bonds is 2. The van der Waals surface area contributed by atoms with Crippen molar-refractivity contribution in [1.82, 2.24) is 0 Å². The summed E-state index contributed by atoms with van der Waals surface area (Å²) >= 11 is 1.74. The van der Waals surface area contributed by atoms with Crippen LogP contribution in [0.15, 0.2) is 34.1 Å².